The molecular weight excluding hydrogens is 222 g/mol. The van der Waals surface area contributed by atoms with Gasteiger partial charge < -0.3 is 4.57 Å². The molecule has 16 heavy (non-hydrogen) atoms. The Hall–Kier alpha value is -0.840. The molecule has 0 fully saturated rings. The molecule has 0 amide bonds. The molecule has 0 saturated carbocycles. The van der Waals surface area contributed by atoms with E-state index >= 15 is 0 Å². The quantitative estimate of drug-likeness (QED) is 0.758. The van der Waals surface area contributed by atoms with Crippen LogP contribution in [0.1, 0.15) is 38.9 Å². The summed E-state index contributed by atoms with van der Waals surface area (Å²) in [5, 5.41) is 9.27. The maximum absolute atomic E-state index is 11.2. The lowest BCUT2D eigenvalue weighted by Crippen LogP contribution is -2.10. The average molecular weight is 239 g/mol. The van der Waals surface area contributed by atoms with Crippen LogP contribution in [-0.2, 0) is 17.8 Å². The highest BCUT2D eigenvalue weighted by Gasteiger charge is 2.18. The van der Waals surface area contributed by atoms with E-state index in [1.54, 1.807) is 6.92 Å². The first kappa shape index (κ1) is 11.6. The Labute approximate surface area is 99.8 Å². The fraction of sp³-hybridized carbons (Fsp3) is 0.727. The van der Waals surface area contributed by atoms with Crippen molar-refractivity contribution < 1.29 is 4.79 Å². The monoisotopic (exact) mass is 239 g/mol. The largest absolute Gasteiger partial charge is 0.306 e. The number of hydrogen-bond acceptors (Lipinski definition) is 4. The van der Waals surface area contributed by atoms with Crippen molar-refractivity contribution >= 4 is 17.5 Å². The van der Waals surface area contributed by atoms with Gasteiger partial charge in [0.2, 0.25) is 0 Å². The van der Waals surface area contributed by atoms with Gasteiger partial charge in [0.15, 0.2) is 5.16 Å². The van der Waals surface area contributed by atoms with Gasteiger partial charge in [0.1, 0.15) is 11.6 Å². The Morgan fingerprint density at radius 1 is 1.38 bits per heavy atom. The molecular formula is C11H17N3OS. The third kappa shape index (κ3) is 2.45. The van der Waals surface area contributed by atoms with Gasteiger partial charge in [-0.2, -0.15) is 0 Å². The molecule has 1 aromatic rings. The van der Waals surface area contributed by atoms with Gasteiger partial charge in [-0.05, 0) is 26.7 Å². The van der Waals surface area contributed by atoms with Crippen LogP contribution >= 0.6 is 11.8 Å². The van der Waals surface area contributed by atoms with Crippen molar-refractivity contribution in [2.45, 2.75) is 56.5 Å². The summed E-state index contributed by atoms with van der Waals surface area (Å²) >= 11 is 1.52. The van der Waals surface area contributed by atoms with E-state index in [9.17, 15) is 4.79 Å². The molecule has 0 spiro atoms. The van der Waals surface area contributed by atoms with E-state index in [0.29, 0.717) is 0 Å². The lowest BCUT2D eigenvalue weighted by molar-refractivity contribution is -0.116. The zero-order chi connectivity index (χ0) is 11.5. The van der Waals surface area contributed by atoms with Crippen LogP contribution in [0.2, 0.25) is 0 Å². The summed E-state index contributed by atoms with van der Waals surface area (Å²) in [5.74, 6) is 1.27. The summed E-state index contributed by atoms with van der Waals surface area (Å²) in [6, 6.07) is 0. The Kier molecular flexibility index (Phi) is 3.63. The molecule has 1 aliphatic heterocycles. The zero-order valence-electron chi connectivity index (χ0n) is 9.77. The molecule has 4 nitrogen and oxygen atoms in total. The summed E-state index contributed by atoms with van der Waals surface area (Å²) in [6.45, 7) is 4.54. The maximum Gasteiger partial charge on any atom is 0.191 e. The standard InChI is InChI=1S/C11H17N3OS/c1-8(15)9(2)16-11-13-12-10-6-4-3-5-7-14(10)11/h9H,3-7H2,1-2H3. The second kappa shape index (κ2) is 4.99. The number of rotatable bonds is 3. The van der Waals surface area contributed by atoms with Crippen LogP contribution in [0.25, 0.3) is 0 Å². The number of Topliss-reactive ketones (excluding diaryl/α,β-unsaturated/α-hetero) is 1. The van der Waals surface area contributed by atoms with Crippen LogP contribution < -0.4 is 0 Å². The minimum Gasteiger partial charge on any atom is -0.306 e. The van der Waals surface area contributed by atoms with Crippen molar-refractivity contribution in [3.05, 3.63) is 5.82 Å². The molecule has 1 atom stereocenters. The Bertz CT molecular complexity index is 389. The Balaban J connectivity index is 2.16. The molecule has 0 bridgehead atoms. The first-order chi connectivity index (χ1) is 7.68. The summed E-state index contributed by atoms with van der Waals surface area (Å²) in [4.78, 5) is 11.2. The first-order valence-corrected chi connectivity index (χ1v) is 6.65. The van der Waals surface area contributed by atoms with E-state index in [1.165, 1.54) is 31.0 Å². The van der Waals surface area contributed by atoms with E-state index < -0.39 is 0 Å². The van der Waals surface area contributed by atoms with Gasteiger partial charge in [0.25, 0.3) is 0 Å². The number of carbonyl (C=O) groups excluding carboxylic acids is 1. The number of aryl methyl sites for hydroxylation is 1. The summed E-state index contributed by atoms with van der Waals surface area (Å²) in [5.41, 5.74) is 0. The van der Waals surface area contributed by atoms with Gasteiger partial charge >= 0.3 is 0 Å². The topological polar surface area (TPSA) is 47.8 Å². The van der Waals surface area contributed by atoms with Crippen molar-refractivity contribution in [3.8, 4) is 0 Å². The van der Waals surface area contributed by atoms with E-state index in [-0.39, 0.29) is 11.0 Å². The third-order valence-electron chi connectivity index (χ3n) is 2.93. The van der Waals surface area contributed by atoms with E-state index in [1.807, 2.05) is 6.92 Å². The zero-order valence-corrected chi connectivity index (χ0v) is 10.6. The SMILES string of the molecule is CC(=O)C(C)Sc1nnc2n1CCCCC2. The maximum atomic E-state index is 11.2. The van der Waals surface area contributed by atoms with Gasteiger partial charge in [-0.15, -0.1) is 10.2 Å². The predicted molar refractivity (Wildman–Crippen MR) is 63.6 cm³/mol. The number of thioether (sulfide) groups is 1. The van der Waals surface area contributed by atoms with Crippen LogP contribution in [0.15, 0.2) is 5.16 Å². The second-order valence-electron chi connectivity index (χ2n) is 4.23. The van der Waals surface area contributed by atoms with Crippen molar-refractivity contribution in [2.24, 2.45) is 0 Å². The van der Waals surface area contributed by atoms with E-state index in [0.717, 1.165) is 23.9 Å². The number of hydrogen-bond donors (Lipinski definition) is 0. The third-order valence-corrected chi connectivity index (χ3v) is 4.13. The van der Waals surface area contributed by atoms with Gasteiger partial charge in [-0.25, -0.2) is 0 Å². The van der Waals surface area contributed by atoms with Gasteiger partial charge in [-0.3, -0.25) is 4.79 Å². The first-order valence-electron chi connectivity index (χ1n) is 5.77. The number of nitrogens with zero attached hydrogens (tertiary/aromatic N) is 3. The van der Waals surface area contributed by atoms with Gasteiger partial charge in [0.05, 0.1) is 5.25 Å². The highest BCUT2D eigenvalue weighted by atomic mass is 32.2. The predicted octanol–water partition coefficient (Wildman–Crippen LogP) is 2.07. The lowest BCUT2D eigenvalue weighted by atomic mass is 10.2. The van der Waals surface area contributed by atoms with Crippen molar-refractivity contribution in [3.63, 3.8) is 0 Å². The molecule has 2 heterocycles. The Morgan fingerprint density at radius 2 is 2.19 bits per heavy atom. The molecule has 0 aliphatic carbocycles. The molecule has 1 aliphatic rings. The fourth-order valence-corrected chi connectivity index (χ4v) is 2.68. The molecule has 0 N–H and O–H groups in total. The molecule has 2 rings (SSSR count). The normalized spacial score (nSPS) is 17.6. The minimum atomic E-state index is -0.0310. The number of carbonyl (C=O) groups is 1. The summed E-state index contributed by atoms with van der Waals surface area (Å²) < 4.78 is 2.18. The van der Waals surface area contributed by atoms with Crippen LogP contribution in [-0.4, -0.2) is 25.8 Å². The van der Waals surface area contributed by atoms with Crippen LogP contribution in [0.3, 0.4) is 0 Å². The second-order valence-corrected chi connectivity index (χ2v) is 5.54. The van der Waals surface area contributed by atoms with E-state index in [4.69, 9.17) is 0 Å². The number of ketones is 1. The Morgan fingerprint density at radius 3 is 2.94 bits per heavy atom. The summed E-state index contributed by atoms with van der Waals surface area (Å²) in [6.07, 6.45) is 4.66. The minimum absolute atomic E-state index is 0.0310. The van der Waals surface area contributed by atoms with Gasteiger partial charge in [-0.1, -0.05) is 18.2 Å². The molecule has 0 saturated heterocycles. The highest BCUT2D eigenvalue weighted by Crippen LogP contribution is 2.25. The number of aromatic nitrogens is 3. The molecule has 5 heteroatoms. The van der Waals surface area contributed by atoms with Crippen molar-refractivity contribution in [1.29, 1.82) is 0 Å². The molecule has 0 aromatic carbocycles. The molecule has 88 valence electrons. The molecule has 1 unspecified atom stereocenters. The molecule has 0 radical (unpaired) electrons. The van der Waals surface area contributed by atoms with E-state index in [2.05, 4.69) is 14.8 Å². The van der Waals surface area contributed by atoms with Gasteiger partial charge in [0, 0.05) is 13.0 Å². The van der Waals surface area contributed by atoms with Crippen LogP contribution in [0.4, 0.5) is 0 Å². The molecule has 1 aromatic heterocycles. The lowest BCUT2D eigenvalue weighted by Gasteiger charge is -2.09. The smallest absolute Gasteiger partial charge is 0.191 e. The van der Waals surface area contributed by atoms with Crippen LogP contribution in [0.5, 0.6) is 0 Å². The summed E-state index contributed by atoms with van der Waals surface area (Å²) in [7, 11) is 0. The highest BCUT2D eigenvalue weighted by molar-refractivity contribution is 8.00. The number of fused-ring (bicyclic) bond motifs is 1. The average Bonchev–Trinajstić information content (AvgIpc) is 2.50. The van der Waals surface area contributed by atoms with Crippen LogP contribution in [0, 0.1) is 0 Å². The van der Waals surface area contributed by atoms with Crippen molar-refractivity contribution in [2.75, 3.05) is 0 Å². The van der Waals surface area contributed by atoms with Crippen molar-refractivity contribution in [1.82, 2.24) is 14.8 Å². The fourth-order valence-electron chi connectivity index (χ4n) is 1.79.